The fourth-order valence-electron chi connectivity index (χ4n) is 9.27. The predicted molar refractivity (Wildman–Crippen MR) is 256 cm³/mol. The van der Waals surface area contributed by atoms with Gasteiger partial charge in [0.25, 0.3) is 0 Å². The Morgan fingerprint density at radius 2 is 0.623 bits per heavy atom. The molecular weight excluding hydrogens is 739 g/mol. The summed E-state index contributed by atoms with van der Waals surface area (Å²) >= 11 is 0. The number of benzene rings is 10. The molecule has 3 nitrogen and oxygen atoms in total. The highest BCUT2D eigenvalue weighted by molar-refractivity contribution is 6.23. The molecule has 0 spiro atoms. The fourth-order valence-corrected chi connectivity index (χ4v) is 9.27. The quantitative estimate of drug-likeness (QED) is 0.158. The summed E-state index contributed by atoms with van der Waals surface area (Å²) in [7, 11) is 0. The number of hydrogen-bond donors (Lipinski definition) is 0. The smallest absolute Gasteiger partial charge is 0.0971 e. The van der Waals surface area contributed by atoms with Gasteiger partial charge in [-0.15, -0.1) is 0 Å². The topological polar surface area (TPSA) is 30.7 Å². The van der Waals surface area contributed by atoms with Gasteiger partial charge < -0.3 is 4.57 Å². The third kappa shape index (κ3) is 5.98. The minimum absolute atomic E-state index is 0.930. The van der Waals surface area contributed by atoms with Crippen LogP contribution in [0.15, 0.2) is 225 Å². The molecule has 0 saturated heterocycles. The lowest BCUT2D eigenvalue weighted by atomic mass is 9.95. The Bertz CT molecular complexity index is 3430. The molecular formula is C58H37N3. The van der Waals surface area contributed by atoms with Gasteiger partial charge in [-0.2, -0.15) is 0 Å². The van der Waals surface area contributed by atoms with Crippen LogP contribution in [-0.2, 0) is 0 Å². The molecule has 0 radical (unpaired) electrons. The zero-order valence-electron chi connectivity index (χ0n) is 33.2. The molecule has 12 aromatic rings. The molecule has 0 aliphatic carbocycles. The van der Waals surface area contributed by atoms with Gasteiger partial charge in [-0.3, -0.25) is 9.97 Å². The highest BCUT2D eigenvalue weighted by Crippen LogP contribution is 2.40. The molecule has 0 unspecified atom stereocenters. The molecule has 2 aromatic heterocycles. The van der Waals surface area contributed by atoms with Gasteiger partial charge in [0.2, 0.25) is 0 Å². The van der Waals surface area contributed by atoms with E-state index in [0.717, 1.165) is 38.6 Å². The van der Waals surface area contributed by atoms with Crippen LogP contribution in [0.1, 0.15) is 0 Å². The van der Waals surface area contributed by atoms with Crippen LogP contribution in [0.5, 0.6) is 0 Å². The van der Waals surface area contributed by atoms with E-state index >= 15 is 0 Å². The Kier molecular flexibility index (Phi) is 8.17. The van der Waals surface area contributed by atoms with Crippen molar-refractivity contribution >= 4 is 54.4 Å². The van der Waals surface area contributed by atoms with Crippen LogP contribution in [0.4, 0.5) is 0 Å². The van der Waals surface area contributed by atoms with Crippen LogP contribution >= 0.6 is 0 Å². The standard InChI is InChI=1S/C58H37N3/c1-3-10-38(11-4-1)40-18-22-42(23-19-40)45-27-30-55-53(36-45)54-37-46(43-24-20-41(21-25-43)39-12-5-2-6-13-39)28-31-56(54)61(55)48-15-9-14-44(34-48)47-26-29-51-52(35-47)49-16-7-8-17-50(49)57-58(51)60-33-32-59-57/h1-37H. The van der Waals surface area contributed by atoms with Crippen molar-refractivity contribution in [2.45, 2.75) is 0 Å². The Morgan fingerprint density at radius 1 is 0.246 bits per heavy atom. The Balaban J connectivity index is 1.01. The number of aromatic nitrogens is 3. The summed E-state index contributed by atoms with van der Waals surface area (Å²) in [5.74, 6) is 0. The summed E-state index contributed by atoms with van der Waals surface area (Å²) in [5.41, 5.74) is 17.3. The maximum atomic E-state index is 4.79. The average molecular weight is 776 g/mol. The highest BCUT2D eigenvalue weighted by Gasteiger charge is 2.17. The van der Waals surface area contributed by atoms with Crippen molar-refractivity contribution in [2.24, 2.45) is 0 Å². The van der Waals surface area contributed by atoms with E-state index in [9.17, 15) is 0 Å². The summed E-state index contributed by atoms with van der Waals surface area (Å²) in [6, 6.07) is 77.2. The van der Waals surface area contributed by atoms with E-state index < -0.39 is 0 Å². The van der Waals surface area contributed by atoms with E-state index in [1.807, 2.05) is 0 Å². The lowest BCUT2D eigenvalue weighted by Gasteiger charge is -2.13. The first-order chi connectivity index (χ1) is 30.2. The van der Waals surface area contributed by atoms with Gasteiger partial charge in [-0.25, -0.2) is 0 Å². The molecule has 10 aromatic carbocycles. The molecule has 12 rings (SSSR count). The summed E-state index contributed by atoms with van der Waals surface area (Å²) in [6.07, 6.45) is 3.57. The molecule has 0 aliphatic heterocycles. The molecule has 0 amide bonds. The highest BCUT2D eigenvalue weighted by atomic mass is 15.0. The third-order valence-electron chi connectivity index (χ3n) is 12.3. The van der Waals surface area contributed by atoms with Gasteiger partial charge in [0, 0.05) is 39.6 Å². The number of rotatable bonds is 6. The van der Waals surface area contributed by atoms with Gasteiger partial charge >= 0.3 is 0 Å². The second-order valence-electron chi connectivity index (χ2n) is 15.8. The van der Waals surface area contributed by atoms with Gasteiger partial charge in [0.05, 0.1) is 22.1 Å². The SMILES string of the molecule is c1ccc(-c2ccc(-c3ccc4c(c3)c3cc(-c5ccc(-c6ccccc6)cc5)ccc3n4-c3cccc(-c4ccc5c(c4)c4ccccc4c4nccnc54)c3)cc2)cc1. The third-order valence-corrected chi connectivity index (χ3v) is 12.3. The number of nitrogens with zero attached hydrogens (tertiary/aromatic N) is 3. The second kappa shape index (κ2) is 14.3. The number of fused-ring (bicyclic) bond motifs is 9. The zero-order chi connectivity index (χ0) is 40.3. The lowest BCUT2D eigenvalue weighted by molar-refractivity contribution is 1.18. The van der Waals surface area contributed by atoms with Crippen LogP contribution in [0, 0.1) is 0 Å². The molecule has 0 atom stereocenters. The molecule has 0 fully saturated rings. The van der Waals surface area contributed by atoms with Gasteiger partial charge in [0.1, 0.15) is 0 Å². The summed E-state index contributed by atoms with van der Waals surface area (Å²) in [5, 5.41) is 7.03. The lowest BCUT2D eigenvalue weighted by Crippen LogP contribution is -1.95. The molecule has 3 heteroatoms. The van der Waals surface area contributed by atoms with E-state index in [2.05, 4.69) is 217 Å². The van der Waals surface area contributed by atoms with Gasteiger partial charge in [0.15, 0.2) is 0 Å². The first-order valence-electron chi connectivity index (χ1n) is 20.8. The normalized spacial score (nSPS) is 11.6. The van der Waals surface area contributed by atoms with Crippen LogP contribution < -0.4 is 0 Å². The summed E-state index contributed by atoms with van der Waals surface area (Å²) < 4.78 is 2.43. The van der Waals surface area contributed by atoms with Crippen molar-refractivity contribution in [3.05, 3.63) is 225 Å². The Labute approximate surface area is 353 Å². The van der Waals surface area contributed by atoms with Crippen molar-refractivity contribution in [1.29, 1.82) is 0 Å². The van der Waals surface area contributed by atoms with Crippen LogP contribution in [0.2, 0.25) is 0 Å². The largest absolute Gasteiger partial charge is 0.309 e. The number of hydrogen-bond acceptors (Lipinski definition) is 2. The van der Waals surface area contributed by atoms with Crippen molar-refractivity contribution in [3.63, 3.8) is 0 Å². The van der Waals surface area contributed by atoms with Gasteiger partial charge in [-0.1, -0.05) is 170 Å². The van der Waals surface area contributed by atoms with E-state index in [4.69, 9.17) is 9.97 Å². The maximum Gasteiger partial charge on any atom is 0.0971 e. The monoisotopic (exact) mass is 775 g/mol. The van der Waals surface area contributed by atoms with Crippen molar-refractivity contribution in [1.82, 2.24) is 14.5 Å². The maximum absolute atomic E-state index is 4.79. The predicted octanol–water partition coefficient (Wildman–Crippen LogP) is 15.4. The molecule has 0 bridgehead atoms. The summed E-state index contributed by atoms with van der Waals surface area (Å²) in [4.78, 5) is 9.52. The first-order valence-corrected chi connectivity index (χ1v) is 20.8. The second-order valence-corrected chi connectivity index (χ2v) is 15.8. The molecule has 0 saturated carbocycles. The van der Waals surface area contributed by atoms with E-state index in [1.165, 1.54) is 77.1 Å². The molecule has 61 heavy (non-hydrogen) atoms. The Hall–Kier alpha value is -8.14. The first kappa shape index (κ1) is 34.9. The van der Waals surface area contributed by atoms with E-state index in [0.29, 0.717) is 0 Å². The van der Waals surface area contributed by atoms with E-state index in [1.54, 1.807) is 12.4 Å². The van der Waals surface area contributed by atoms with Crippen molar-refractivity contribution < 1.29 is 0 Å². The molecule has 0 aliphatic rings. The van der Waals surface area contributed by atoms with Crippen molar-refractivity contribution in [3.8, 4) is 61.3 Å². The summed E-state index contributed by atoms with van der Waals surface area (Å²) in [6.45, 7) is 0. The van der Waals surface area contributed by atoms with Crippen LogP contribution in [0.25, 0.3) is 116 Å². The van der Waals surface area contributed by atoms with Crippen LogP contribution in [0.3, 0.4) is 0 Å². The molecule has 0 N–H and O–H groups in total. The minimum Gasteiger partial charge on any atom is -0.309 e. The molecule has 2 heterocycles. The Morgan fingerprint density at radius 3 is 1.18 bits per heavy atom. The van der Waals surface area contributed by atoms with Gasteiger partial charge in [-0.05, 0) is 109 Å². The fraction of sp³-hybridized carbons (Fsp3) is 0. The van der Waals surface area contributed by atoms with Crippen LogP contribution in [-0.4, -0.2) is 14.5 Å². The minimum atomic E-state index is 0.930. The van der Waals surface area contributed by atoms with Crippen molar-refractivity contribution in [2.75, 3.05) is 0 Å². The zero-order valence-corrected chi connectivity index (χ0v) is 33.2. The van der Waals surface area contributed by atoms with E-state index in [-0.39, 0.29) is 0 Å². The average Bonchev–Trinajstić information content (AvgIpc) is 3.67. The molecule has 284 valence electrons.